The third kappa shape index (κ3) is 2.25. The first kappa shape index (κ1) is 11.9. The van der Waals surface area contributed by atoms with Gasteiger partial charge in [0.15, 0.2) is 0 Å². The molecule has 0 aromatic heterocycles. The summed E-state index contributed by atoms with van der Waals surface area (Å²) in [7, 11) is 0. The molecule has 0 saturated carbocycles. The summed E-state index contributed by atoms with van der Waals surface area (Å²) in [6.45, 7) is 0. The van der Waals surface area contributed by atoms with Crippen molar-refractivity contribution in [2.45, 2.75) is 18.6 Å². The Morgan fingerprint density at radius 1 is 1.05 bits per heavy atom. The van der Waals surface area contributed by atoms with Gasteiger partial charge in [-0.15, -0.1) is 0 Å². The summed E-state index contributed by atoms with van der Waals surface area (Å²) in [6, 6.07) is 14.8. The number of nitrogens with zero attached hydrogens (tertiary/aromatic N) is 1. The van der Waals surface area contributed by atoms with Gasteiger partial charge in [-0.3, -0.25) is 4.99 Å². The number of phenolic OH excluding ortho intramolecular Hbond substituents is 1. The van der Waals surface area contributed by atoms with E-state index in [-0.39, 0.29) is 11.8 Å². The van der Waals surface area contributed by atoms with Crippen molar-refractivity contribution in [3.8, 4) is 5.75 Å². The highest BCUT2D eigenvalue weighted by atomic mass is 16.3. The molecule has 3 heteroatoms. The Morgan fingerprint density at radius 2 is 1.79 bits per heavy atom. The van der Waals surface area contributed by atoms with E-state index >= 15 is 0 Å². The van der Waals surface area contributed by atoms with E-state index in [1.807, 2.05) is 30.3 Å². The fourth-order valence-corrected chi connectivity index (χ4v) is 2.49. The molecule has 2 N–H and O–H groups in total. The smallest absolute Gasteiger partial charge is 0.124 e. The molecule has 0 aliphatic heterocycles. The van der Waals surface area contributed by atoms with Crippen LogP contribution in [0.2, 0.25) is 0 Å². The molecule has 2 aromatic rings. The third-order valence-corrected chi connectivity index (χ3v) is 3.48. The summed E-state index contributed by atoms with van der Waals surface area (Å²) in [5, 5.41) is 19.8. The molecule has 96 valence electrons. The summed E-state index contributed by atoms with van der Waals surface area (Å²) in [4.78, 5) is 4.44. The number of phenols is 1. The first-order valence-electron chi connectivity index (χ1n) is 6.33. The highest BCUT2D eigenvalue weighted by Crippen LogP contribution is 2.34. The van der Waals surface area contributed by atoms with E-state index in [4.69, 9.17) is 0 Å². The standard InChI is InChI=1S/C16H15NO2/c18-14-8-4-2-6-12(14)10-17-16-13-7-3-1-5-11(13)9-15(16)19/h1-8,10,15-16,18-19H,9H2/t15-,16+/m0/s1. The number of benzene rings is 2. The van der Waals surface area contributed by atoms with Crippen molar-refractivity contribution in [3.05, 3.63) is 65.2 Å². The average molecular weight is 253 g/mol. The monoisotopic (exact) mass is 253 g/mol. The molecular formula is C16H15NO2. The van der Waals surface area contributed by atoms with Crippen LogP contribution in [0.4, 0.5) is 0 Å². The van der Waals surface area contributed by atoms with Crippen molar-refractivity contribution in [1.82, 2.24) is 0 Å². The number of aliphatic imine (C=N–C) groups is 1. The fourth-order valence-electron chi connectivity index (χ4n) is 2.49. The van der Waals surface area contributed by atoms with E-state index in [0.717, 1.165) is 11.1 Å². The van der Waals surface area contributed by atoms with Crippen molar-refractivity contribution in [3.63, 3.8) is 0 Å². The lowest BCUT2D eigenvalue weighted by Gasteiger charge is -2.10. The minimum Gasteiger partial charge on any atom is -0.507 e. The van der Waals surface area contributed by atoms with Crippen LogP contribution in [0.1, 0.15) is 22.7 Å². The van der Waals surface area contributed by atoms with E-state index in [1.54, 1.807) is 24.4 Å². The van der Waals surface area contributed by atoms with E-state index in [1.165, 1.54) is 0 Å². The van der Waals surface area contributed by atoms with E-state index in [0.29, 0.717) is 12.0 Å². The molecule has 2 atom stereocenters. The fraction of sp³-hybridized carbons (Fsp3) is 0.188. The Bertz CT molecular complexity index is 622. The molecule has 0 radical (unpaired) electrons. The molecule has 0 bridgehead atoms. The molecule has 0 fully saturated rings. The Labute approximate surface area is 111 Å². The first-order chi connectivity index (χ1) is 9.25. The van der Waals surface area contributed by atoms with Crippen LogP contribution >= 0.6 is 0 Å². The molecule has 0 amide bonds. The summed E-state index contributed by atoms with van der Waals surface area (Å²) in [5.74, 6) is 0.201. The molecule has 2 aromatic carbocycles. The predicted molar refractivity (Wildman–Crippen MR) is 74.6 cm³/mol. The van der Waals surface area contributed by atoms with Crippen LogP contribution in [0.25, 0.3) is 0 Å². The van der Waals surface area contributed by atoms with Crippen LogP contribution < -0.4 is 0 Å². The van der Waals surface area contributed by atoms with Gasteiger partial charge in [0, 0.05) is 18.2 Å². The van der Waals surface area contributed by atoms with E-state index in [2.05, 4.69) is 4.99 Å². The zero-order chi connectivity index (χ0) is 13.2. The van der Waals surface area contributed by atoms with Crippen molar-refractivity contribution >= 4 is 6.21 Å². The normalized spacial score (nSPS) is 21.7. The van der Waals surface area contributed by atoms with Crippen molar-refractivity contribution < 1.29 is 10.2 Å². The van der Waals surface area contributed by atoms with Gasteiger partial charge < -0.3 is 10.2 Å². The van der Waals surface area contributed by atoms with Gasteiger partial charge in [-0.05, 0) is 23.3 Å². The van der Waals surface area contributed by atoms with Gasteiger partial charge in [-0.2, -0.15) is 0 Å². The number of hydrogen-bond acceptors (Lipinski definition) is 3. The highest BCUT2D eigenvalue weighted by Gasteiger charge is 2.29. The molecule has 0 spiro atoms. The first-order valence-corrected chi connectivity index (χ1v) is 6.33. The van der Waals surface area contributed by atoms with Gasteiger partial charge >= 0.3 is 0 Å². The van der Waals surface area contributed by atoms with Crippen LogP contribution in [-0.2, 0) is 6.42 Å². The maximum atomic E-state index is 10.1. The second-order valence-electron chi connectivity index (χ2n) is 4.75. The number of aliphatic hydroxyl groups is 1. The van der Waals surface area contributed by atoms with Gasteiger partial charge in [0.1, 0.15) is 11.8 Å². The van der Waals surface area contributed by atoms with Crippen LogP contribution in [0.15, 0.2) is 53.5 Å². The Balaban J connectivity index is 1.90. The van der Waals surface area contributed by atoms with E-state index in [9.17, 15) is 10.2 Å². The topological polar surface area (TPSA) is 52.8 Å². The number of hydrogen-bond donors (Lipinski definition) is 2. The predicted octanol–water partition coefficient (Wildman–Crippen LogP) is 2.47. The molecular weight excluding hydrogens is 238 g/mol. The Morgan fingerprint density at radius 3 is 2.63 bits per heavy atom. The van der Waals surface area contributed by atoms with Crippen molar-refractivity contribution in [2.24, 2.45) is 4.99 Å². The van der Waals surface area contributed by atoms with Crippen LogP contribution in [0, 0.1) is 0 Å². The molecule has 1 aliphatic carbocycles. The molecule has 0 saturated heterocycles. The van der Waals surface area contributed by atoms with E-state index < -0.39 is 6.10 Å². The minimum atomic E-state index is -0.487. The summed E-state index contributed by atoms with van der Waals surface area (Å²) in [5.41, 5.74) is 2.88. The minimum absolute atomic E-state index is 0.201. The van der Waals surface area contributed by atoms with Gasteiger partial charge in [-0.1, -0.05) is 36.4 Å². The molecule has 1 aliphatic rings. The SMILES string of the molecule is Oc1ccccc1C=N[C@@H]1c2ccccc2C[C@@H]1O. The lowest BCUT2D eigenvalue weighted by Crippen LogP contribution is -2.11. The van der Waals surface area contributed by atoms with Gasteiger partial charge in [0.2, 0.25) is 0 Å². The lowest BCUT2D eigenvalue weighted by atomic mass is 10.1. The Hall–Kier alpha value is -2.13. The molecule has 3 nitrogen and oxygen atoms in total. The quantitative estimate of drug-likeness (QED) is 0.808. The molecule has 0 heterocycles. The van der Waals surface area contributed by atoms with Crippen LogP contribution in [0.5, 0.6) is 5.75 Å². The number of aromatic hydroxyl groups is 1. The van der Waals surface area contributed by atoms with Gasteiger partial charge in [-0.25, -0.2) is 0 Å². The van der Waals surface area contributed by atoms with Crippen molar-refractivity contribution in [2.75, 3.05) is 0 Å². The molecule has 3 rings (SSSR count). The van der Waals surface area contributed by atoms with Crippen LogP contribution in [0.3, 0.4) is 0 Å². The molecule has 19 heavy (non-hydrogen) atoms. The number of fused-ring (bicyclic) bond motifs is 1. The number of para-hydroxylation sites is 1. The van der Waals surface area contributed by atoms with Gasteiger partial charge in [0.25, 0.3) is 0 Å². The Kier molecular flexibility index (Phi) is 3.05. The maximum absolute atomic E-state index is 10.1. The third-order valence-electron chi connectivity index (χ3n) is 3.48. The van der Waals surface area contributed by atoms with Crippen LogP contribution in [-0.4, -0.2) is 22.5 Å². The zero-order valence-electron chi connectivity index (χ0n) is 10.4. The van der Waals surface area contributed by atoms with Crippen molar-refractivity contribution in [1.29, 1.82) is 0 Å². The summed E-state index contributed by atoms with van der Waals surface area (Å²) >= 11 is 0. The summed E-state index contributed by atoms with van der Waals surface area (Å²) in [6.07, 6.45) is 1.78. The lowest BCUT2D eigenvalue weighted by molar-refractivity contribution is 0.159. The highest BCUT2D eigenvalue weighted by molar-refractivity contribution is 5.83. The van der Waals surface area contributed by atoms with Gasteiger partial charge in [0.05, 0.1) is 6.10 Å². The molecule has 0 unspecified atom stereocenters. The largest absolute Gasteiger partial charge is 0.507 e. The maximum Gasteiger partial charge on any atom is 0.124 e. The summed E-state index contributed by atoms with van der Waals surface area (Å²) < 4.78 is 0. The second-order valence-corrected chi connectivity index (χ2v) is 4.75. The zero-order valence-corrected chi connectivity index (χ0v) is 10.4. The number of aliphatic hydroxyl groups excluding tert-OH is 1. The average Bonchev–Trinajstić information content (AvgIpc) is 2.74. The second kappa shape index (κ2) is 4.86. The number of rotatable bonds is 2.